The van der Waals surface area contributed by atoms with E-state index in [9.17, 15) is 15.0 Å². The quantitative estimate of drug-likeness (QED) is 0.568. The van der Waals surface area contributed by atoms with Crippen molar-refractivity contribution in [3.63, 3.8) is 0 Å². The summed E-state index contributed by atoms with van der Waals surface area (Å²) in [5.74, 6) is -0.771. The number of aliphatic carboxylic acids is 1. The highest BCUT2D eigenvalue weighted by atomic mass is 32.2. The first-order chi connectivity index (χ1) is 8.99. The summed E-state index contributed by atoms with van der Waals surface area (Å²) in [6, 6.07) is 4.07. The van der Waals surface area contributed by atoms with Gasteiger partial charge in [0.25, 0.3) is 0 Å². The molecule has 1 aromatic heterocycles. The summed E-state index contributed by atoms with van der Waals surface area (Å²) in [7, 11) is 1.66. The molecule has 2 aromatic rings. The van der Waals surface area contributed by atoms with Gasteiger partial charge in [-0.15, -0.1) is 10.2 Å². The van der Waals surface area contributed by atoms with Crippen LogP contribution < -0.4 is 0 Å². The Morgan fingerprint density at radius 2 is 2.11 bits per heavy atom. The van der Waals surface area contributed by atoms with Crippen molar-refractivity contribution in [2.45, 2.75) is 5.16 Å². The van der Waals surface area contributed by atoms with E-state index in [1.54, 1.807) is 11.6 Å². The minimum atomic E-state index is -0.949. The summed E-state index contributed by atoms with van der Waals surface area (Å²) in [6.07, 6.45) is 0. The van der Waals surface area contributed by atoms with E-state index >= 15 is 0 Å². The Bertz CT molecular complexity index is 626. The van der Waals surface area contributed by atoms with Gasteiger partial charge in [-0.05, 0) is 18.2 Å². The maximum Gasteiger partial charge on any atom is 0.313 e. The molecule has 0 spiro atoms. The van der Waals surface area contributed by atoms with E-state index in [4.69, 9.17) is 5.11 Å². The second-order valence-corrected chi connectivity index (χ2v) is 4.69. The van der Waals surface area contributed by atoms with E-state index in [0.717, 1.165) is 11.8 Å². The van der Waals surface area contributed by atoms with Gasteiger partial charge in [0.15, 0.2) is 11.0 Å². The van der Waals surface area contributed by atoms with Crippen molar-refractivity contribution in [3.05, 3.63) is 18.2 Å². The highest BCUT2D eigenvalue weighted by Gasteiger charge is 2.15. The Hall–Kier alpha value is -2.22. The lowest BCUT2D eigenvalue weighted by Crippen LogP contribution is -2.01. The number of carboxylic acid groups (broad SMARTS) is 1. The minimum Gasteiger partial charge on any atom is -0.508 e. The number of aromatic nitrogens is 3. The first-order valence-electron chi connectivity index (χ1n) is 5.25. The van der Waals surface area contributed by atoms with Crippen molar-refractivity contribution < 1.29 is 20.1 Å². The van der Waals surface area contributed by atoms with Crippen molar-refractivity contribution in [1.82, 2.24) is 14.8 Å². The van der Waals surface area contributed by atoms with E-state index in [1.165, 1.54) is 18.2 Å². The summed E-state index contributed by atoms with van der Waals surface area (Å²) in [5.41, 5.74) is 0.331. The molecule has 0 aliphatic rings. The molecule has 0 atom stereocenters. The third kappa shape index (κ3) is 2.79. The van der Waals surface area contributed by atoms with Crippen LogP contribution >= 0.6 is 11.8 Å². The smallest absolute Gasteiger partial charge is 0.313 e. The molecule has 0 aliphatic carbocycles. The zero-order chi connectivity index (χ0) is 14.0. The average Bonchev–Trinajstić information content (AvgIpc) is 2.71. The molecule has 0 saturated heterocycles. The number of phenols is 2. The zero-order valence-electron chi connectivity index (χ0n) is 9.94. The molecule has 100 valence electrons. The van der Waals surface area contributed by atoms with Gasteiger partial charge in [-0.25, -0.2) is 0 Å². The van der Waals surface area contributed by atoms with Gasteiger partial charge in [0.05, 0.1) is 11.3 Å². The van der Waals surface area contributed by atoms with Crippen LogP contribution in [-0.4, -0.2) is 41.8 Å². The van der Waals surface area contributed by atoms with Crippen molar-refractivity contribution in [2.75, 3.05) is 5.75 Å². The third-order valence-corrected chi connectivity index (χ3v) is 3.39. The van der Waals surface area contributed by atoms with Gasteiger partial charge in [-0.2, -0.15) is 0 Å². The monoisotopic (exact) mass is 281 g/mol. The molecular formula is C11H11N3O4S. The topological polar surface area (TPSA) is 108 Å². The van der Waals surface area contributed by atoms with E-state index in [0.29, 0.717) is 16.5 Å². The first-order valence-corrected chi connectivity index (χ1v) is 6.24. The molecule has 0 unspecified atom stereocenters. The molecule has 0 fully saturated rings. The third-order valence-electron chi connectivity index (χ3n) is 2.38. The number of benzene rings is 1. The number of aromatic hydroxyl groups is 2. The molecule has 7 nitrogen and oxygen atoms in total. The molecule has 0 radical (unpaired) electrons. The highest BCUT2D eigenvalue weighted by molar-refractivity contribution is 7.99. The van der Waals surface area contributed by atoms with Gasteiger partial charge in [0.2, 0.25) is 0 Å². The number of hydrogen-bond donors (Lipinski definition) is 3. The fourth-order valence-corrected chi connectivity index (χ4v) is 2.14. The molecule has 8 heteroatoms. The van der Waals surface area contributed by atoms with Crippen molar-refractivity contribution >= 4 is 17.7 Å². The Kier molecular flexibility index (Phi) is 3.61. The summed E-state index contributed by atoms with van der Waals surface area (Å²) in [5, 5.41) is 36.0. The fraction of sp³-hybridized carbons (Fsp3) is 0.182. The second-order valence-electron chi connectivity index (χ2n) is 3.75. The van der Waals surface area contributed by atoms with E-state index in [1.807, 2.05) is 0 Å². The fourth-order valence-electron chi connectivity index (χ4n) is 1.50. The molecule has 0 saturated carbocycles. The highest BCUT2D eigenvalue weighted by Crippen LogP contribution is 2.32. The number of carbonyl (C=O) groups is 1. The number of phenolic OH excluding ortho intramolecular Hbond substituents is 2. The summed E-state index contributed by atoms with van der Waals surface area (Å²) in [6.45, 7) is 0. The zero-order valence-corrected chi connectivity index (χ0v) is 10.8. The van der Waals surface area contributed by atoms with E-state index < -0.39 is 5.97 Å². The largest absolute Gasteiger partial charge is 0.508 e. The predicted molar refractivity (Wildman–Crippen MR) is 68.1 cm³/mol. The lowest BCUT2D eigenvalue weighted by molar-refractivity contribution is -0.133. The molecular weight excluding hydrogens is 270 g/mol. The van der Waals surface area contributed by atoms with Gasteiger partial charge in [-0.3, -0.25) is 4.79 Å². The van der Waals surface area contributed by atoms with Crippen molar-refractivity contribution in [3.8, 4) is 22.9 Å². The van der Waals surface area contributed by atoms with Gasteiger partial charge >= 0.3 is 5.97 Å². The first kappa shape index (κ1) is 13.2. The van der Waals surface area contributed by atoms with Crippen LogP contribution in [0.4, 0.5) is 0 Å². The predicted octanol–water partition coefficient (Wildman–Crippen LogP) is 1.07. The maximum absolute atomic E-state index is 10.5. The standard InChI is InChI=1S/C11H11N3O4S/c1-14-10(7-4-6(15)2-3-8(7)16)12-13-11(14)19-5-9(17)18/h2-4,15-16H,5H2,1H3,(H,17,18). The molecule has 0 aliphatic heterocycles. The molecule has 3 N–H and O–H groups in total. The van der Waals surface area contributed by atoms with Crippen molar-refractivity contribution in [1.29, 1.82) is 0 Å². The summed E-state index contributed by atoms with van der Waals surface area (Å²) < 4.78 is 1.56. The van der Waals surface area contributed by atoms with Crippen LogP contribution in [0.5, 0.6) is 11.5 Å². The van der Waals surface area contributed by atoms with Crippen molar-refractivity contribution in [2.24, 2.45) is 7.05 Å². The van der Waals surface area contributed by atoms with Gasteiger partial charge < -0.3 is 19.9 Å². The SMILES string of the molecule is Cn1c(SCC(=O)O)nnc1-c1cc(O)ccc1O. The number of rotatable bonds is 4. The number of thioether (sulfide) groups is 1. The second kappa shape index (κ2) is 5.19. The normalized spacial score (nSPS) is 10.6. The van der Waals surface area contributed by atoms with Gasteiger partial charge in [0.1, 0.15) is 11.5 Å². The molecule has 0 amide bonds. The van der Waals surface area contributed by atoms with Crippen LogP contribution in [0, 0.1) is 0 Å². The van der Waals surface area contributed by atoms with Gasteiger partial charge in [-0.1, -0.05) is 11.8 Å². The van der Waals surface area contributed by atoms with Crippen LogP contribution in [-0.2, 0) is 11.8 Å². The van der Waals surface area contributed by atoms with E-state index in [-0.39, 0.29) is 17.3 Å². The molecule has 19 heavy (non-hydrogen) atoms. The Labute approximate surface area is 112 Å². The maximum atomic E-state index is 10.5. The Balaban J connectivity index is 2.36. The number of nitrogens with zero attached hydrogens (tertiary/aromatic N) is 3. The number of hydrogen-bond acceptors (Lipinski definition) is 6. The van der Waals surface area contributed by atoms with E-state index in [2.05, 4.69) is 10.2 Å². The molecule has 0 bridgehead atoms. The Morgan fingerprint density at radius 3 is 2.79 bits per heavy atom. The Morgan fingerprint density at radius 1 is 1.37 bits per heavy atom. The van der Waals surface area contributed by atoms with Crippen LogP contribution in [0.2, 0.25) is 0 Å². The minimum absolute atomic E-state index is 0.00413. The molecule has 1 heterocycles. The van der Waals surface area contributed by atoms with Crippen LogP contribution in [0.3, 0.4) is 0 Å². The van der Waals surface area contributed by atoms with Crippen LogP contribution in [0.25, 0.3) is 11.4 Å². The molecule has 1 aromatic carbocycles. The van der Waals surface area contributed by atoms with Crippen LogP contribution in [0.1, 0.15) is 0 Å². The summed E-state index contributed by atoms with van der Waals surface area (Å²) >= 11 is 1.03. The van der Waals surface area contributed by atoms with Gasteiger partial charge in [0, 0.05) is 7.05 Å². The lowest BCUT2D eigenvalue weighted by Gasteiger charge is -2.05. The number of carboxylic acids is 1. The lowest BCUT2D eigenvalue weighted by atomic mass is 10.2. The summed E-state index contributed by atoms with van der Waals surface area (Å²) in [4.78, 5) is 10.5. The molecule has 2 rings (SSSR count). The van der Waals surface area contributed by atoms with Crippen LogP contribution in [0.15, 0.2) is 23.4 Å². The average molecular weight is 281 g/mol.